The third-order valence-electron chi connectivity index (χ3n) is 2.74. The van der Waals surface area contributed by atoms with Gasteiger partial charge in [0, 0.05) is 13.8 Å². The number of nitrogens with zero attached hydrogens (tertiary/aromatic N) is 1. The number of sulfonamides is 1. The largest absolute Gasteiger partial charge is 0.284 e. The predicted molar refractivity (Wildman–Crippen MR) is 81.5 cm³/mol. The maximum atomic E-state index is 12.0. The maximum Gasteiger partial charge on any atom is 0.232 e. The van der Waals surface area contributed by atoms with E-state index in [1.54, 1.807) is 25.1 Å². The van der Waals surface area contributed by atoms with Gasteiger partial charge in [-0.15, -0.1) is 0 Å². The van der Waals surface area contributed by atoms with Gasteiger partial charge in [-0.1, -0.05) is 19.6 Å². The van der Waals surface area contributed by atoms with Gasteiger partial charge in [0.2, 0.25) is 10.0 Å². The summed E-state index contributed by atoms with van der Waals surface area (Å²) in [5, 5.41) is 8.83. The predicted octanol–water partition coefficient (Wildman–Crippen LogP) is 2.95. The average Bonchev–Trinajstić information content (AvgIpc) is 2.25. The van der Waals surface area contributed by atoms with Crippen LogP contribution in [0.15, 0.2) is 18.2 Å². The smallest absolute Gasteiger partial charge is 0.232 e. The van der Waals surface area contributed by atoms with Crippen LogP contribution >= 0.6 is 0 Å². The van der Waals surface area contributed by atoms with Gasteiger partial charge in [0.1, 0.15) is 0 Å². The molecule has 0 aliphatic carbocycles. The minimum atomic E-state index is -3.30. The van der Waals surface area contributed by atoms with E-state index in [0.717, 1.165) is 11.6 Å². The van der Waals surface area contributed by atoms with Crippen molar-refractivity contribution in [1.82, 2.24) is 0 Å². The Hall–Kier alpha value is -1.32. The maximum absolute atomic E-state index is 12.0. The topological polar surface area (TPSA) is 70.0 Å². The Labute approximate surface area is 116 Å². The number of nitrogens with one attached hydrogen (secondary N) is 1. The van der Waals surface area contributed by atoms with Crippen LogP contribution in [0.2, 0.25) is 25.7 Å². The number of anilines is 1. The first kappa shape index (κ1) is 15.7. The molecule has 0 unspecified atom stereocenters. The first-order chi connectivity index (χ1) is 8.63. The van der Waals surface area contributed by atoms with Crippen LogP contribution in [0.4, 0.5) is 5.69 Å². The zero-order valence-corrected chi connectivity index (χ0v) is 13.6. The van der Waals surface area contributed by atoms with Crippen LogP contribution in [0.25, 0.3) is 0 Å². The van der Waals surface area contributed by atoms with Crippen molar-refractivity contribution < 1.29 is 8.42 Å². The second-order valence-electron chi connectivity index (χ2n) is 5.87. The van der Waals surface area contributed by atoms with Crippen LogP contribution in [-0.4, -0.2) is 22.2 Å². The van der Waals surface area contributed by atoms with E-state index in [1.807, 2.05) is 0 Å². The summed E-state index contributed by atoms with van der Waals surface area (Å²) >= 11 is 0. The summed E-state index contributed by atoms with van der Waals surface area (Å²) in [7, 11) is -4.67. The molecule has 6 heteroatoms. The molecular formula is C13H20N2O2SSi. The molecule has 1 aromatic rings. The number of hydrogen-bond donors (Lipinski definition) is 1. The molecule has 0 fully saturated rings. The highest BCUT2D eigenvalue weighted by molar-refractivity contribution is 7.92. The molecule has 0 spiro atoms. The van der Waals surface area contributed by atoms with Gasteiger partial charge in [0.15, 0.2) is 0 Å². The lowest BCUT2D eigenvalue weighted by atomic mass is 10.1. The number of hydrogen-bond acceptors (Lipinski definition) is 3. The fourth-order valence-electron chi connectivity index (χ4n) is 1.52. The molecule has 0 amide bonds. The molecule has 0 aliphatic rings. The summed E-state index contributed by atoms with van der Waals surface area (Å²) in [5.41, 5.74) is 1.85. The van der Waals surface area contributed by atoms with E-state index >= 15 is 0 Å². The van der Waals surface area contributed by atoms with Crippen LogP contribution in [0.3, 0.4) is 0 Å². The number of benzene rings is 1. The van der Waals surface area contributed by atoms with Gasteiger partial charge in [-0.2, -0.15) is 5.26 Å². The molecule has 1 N–H and O–H groups in total. The Morgan fingerprint density at radius 1 is 1.32 bits per heavy atom. The summed E-state index contributed by atoms with van der Waals surface area (Å²) in [6, 6.07) is 7.73. The lowest BCUT2D eigenvalue weighted by Crippen LogP contribution is -2.26. The van der Waals surface area contributed by atoms with Crippen molar-refractivity contribution in [3.05, 3.63) is 29.3 Å². The van der Waals surface area contributed by atoms with Crippen molar-refractivity contribution >= 4 is 23.8 Å². The molecule has 1 aromatic carbocycles. The van der Waals surface area contributed by atoms with E-state index in [2.05, 4.69) is 30.4 Å². The summed E-state index contributed by atoms with van der Waals surface area (Å²) in [4.78, 5) is 0. The fourth-order valence-corrected chi connectivity index (χ4v) is 5.64. The SMILES string of the molecule is Cc1cc(NS(=O)(=O)CC[Si](C)(C)C)ccc1C#N. The van der Waals surface area contributed by atoms with E-state index in [0.29, 0.717) is 11.3 Å². The van der Waals surface area contributed by atoms with Gasteiger partial charge < -0.3 is 0 Å². The van der Waals surface area contributed by atoms with E-state index in [1.165, 1.54) is 0 Å². The second kappa shape index (κ2) is 5.76. The molecule has 0 atom stereocenters. The lowest BCUT2D eigenvalue weighted by molar-refractivity contribution is 0.602. The third-order valence-corrected chi connectivity index (χ3v) is 6.14. The van der Waals surface area contributed by atoms with Gasteiger partial charge in [-0.05, 0) is 36.7 Å². The number of rotatable bonds is 5. The van der Waals surface area contributed by atoms with Crippen molar-refractivity contribution in [2.75, 3.05) is 10.5 Å². The van der Waals surface area contributed by atoms with Gasteiger partial charge in [-0.3, -0.25) is 4.72 Å². The lowest BCUT2D eigenvalue weighted by Gasteiger charge is -2.16. The Balaban J connectivity index is 2.79. The van der Waals surface area contributed by atoms with Crippen LogP contribution in [0, 0.1) is 18.3 Å². The Morgan fingerprint density at radius 2 is 1.95 bits per heavy atom. The van der Waals surface area contributed by atoms with Gasteiger partial charge in [-0.25, -0.2) is 8.42 Å². The monoisotopic (exact) mass is 296 g/mol. The highest BCUT2D eigenvalue weighted by Gasteiger charge is 2.19. The fraction of sp³-hybridized carbons (Fsp3) is 0.462. The van der Waals surface area contributed by atoms with Crippen molar-refractivity contribution in [1.29, 1.82) is 5.26 Å². The second-order valence-corrected chi connectivity index (χ2v) is 13.3. The molecule has 19 heavy (non-hydrogen) atoms. The summed E-state index contributed by atoms with van der Waals surface area (Å²) in [5.74, 6) is 0.155. The van der Waals surface area contributed by atoms with E-state index in [9.17, 15) is 8.42 Å². The quantitative estimate of drug-likeness (QED) is 0.849. The molecule has 0 heterocycles. The standard InChI is InChI=1S/C13H20N2O2SSi/c1-11-9-13(6-5-12(11)10-14)15-18(16,17)7-8-19(2,3)4/h5-6,9,15H,7-8H2,1-4H3. The first-order valence-corrected chi connectivity index (χ1v) is 11.5. The summed E-state index contributed by atoms with van der Waals surface area (Å²) in [6.45, 7) is 8.23. The normalized spacial score (nSPS) is 11.9. The number of aryl methyl sites for hydroxylation is 1. The van der Waals surface area contributed by atoms with Crippen LogP contribution in [0.5, 0.6) is 0 Å². The van der Waals surface area contributed by atoms with Crippen molar-refractivity contribution in [3.8, 4) is 6.07 Å². The zero-order valence-electron chi connectivity index (χ0n) is 11.8. The molecule has 0 bridgehead atoms. The molecule has 0 radical (unpaired) electrons. The molecule has 104 valence electrons. The van der Waals surface area contributed by atoms with Crippen molar-refractivity contribution in [3.63, 3.8) is 0 Å². The van der Waals surface area contributed by atoms with Crippen LogP contribution in [0.1, 0.15) is 11.1 Å². The molecule has 0 saturated carbocycles. The first-order valence-electron chi connectivity index (χ1n) is 6.14. The summed E-state index contributed by atoms with van der Waals surface area (Å²) < 4.78 is 26.5. The summed E-state index contributed by atoms with van der Waals surface area (Å²) in [6.07, 6.45) is 0. The van der Waals surface area contributed by atoms with Crippen LogP contribution < -0.4 is 4.72 Å². The molecular weight excluding hydrogens is 276 g/mol. The third kappa shape index (κ3) is 5.45. The highest BCUT2D eigenvalue weighted by Crippen LogP contribution is 2.17. The van der Waals surface area contributed by atoms with Crippen molar-refractivity contribution in [2.45, 2.75) is 32.6 Å². The Bertz CT molecular complexity index is 598. The van der Waals surface area contributed by atoms with E-state index in [-0.39, 0.29) is 5.75 Å². The highest BCUT2D eigenvalue weighted by atomic mass is 32.2. The minimum Gasteiger partial charge on any atom is -0.284 e. The van der Waals surface area contributed by atoms with Gasteiger partial charge in [0.25, 0.3) is 0 Å². The van der Waals surface area contributed by atoms with E-state index < -0.39 is 18.1 Å². The zero-order chi connectivity index (χ0) is 14.7. The molecule has 1 rings (SSSR count). The Kier molecular flexibility index (Phi) is 4.77. The molecule has 4 nitrogen and oxygen atoms in total. The van der Waals surface area contributed by atoms with Gasteiger partial charge >= 0.3 is 0 Å². The minimum absolute atomic E-state index is 0.155. The molecule has 0 aromatic heterocycles. The van der Waals surface area contributed by atoms with E-state index in [4.69, 9.17) is 5.26 Å². The Morgan fingerprint density at radius 3 is 2.42 bits per heavy atom. The van der Waals surface area contributed by atoms with Crippen LogP contribution in [-0.2, 0) is 10.0 Å². The molecule has 0 aliphatic heterocycles. The average molecular weight is 296 g/mol. The number of nitriles is 1. The van der Waals surface area contributed by atoms with Gasteiger partial charge in [0.05, 0.1) is 17.4 Å². The molecule has 0 saturated heterocycles. The van der Waals surface area contributed by atoms with Crippen molar-refractivity contribution in [2.24, 2.45) is 0 Å².